The number of thiophene rings is 1. The Morgan fingerprint density at radius 1 is 1.13 bits per heavy atom. The van der Waals surface area contributed by atoms with Gasteiger partial charge in [-0.25, -0.2) is 8.36 Å². The molecule has 0 bridgehead atoms. The van der Waals surface area contributed by atoms with Gasteiger partial charge in [0.05, 0.1) is 5.52 Å². The Labute approximate surface area is 181 Å². The van der Waals surface area contributed by atoms with Crippen molar-refractivity contribution in [1.82, 2.24) is 3.97 Å². The molecule has 30 heavy (non-hydrogen) atoms. The van der Waals surface area contributed by atoms with E-state index in [0.29, 0.717) is 21.5 Å². The van der Waals surface area contributed by atoms with E-state index in [2.05, 4.69) is 0 Å². The van der Waals surface area contributed by atoms with E-state index in [1.54, 1.807) is 24.3 Å². The quantitative estimate of drug-likeness (QED) is 0.414. The number of hydrogen-bond acceptors (Lipinski definition) is 4. The predicted molar refractivity (Wildman–Crippen MR) is 115 cm³/mol. The molecule has 1 N–H and O–H groups in total. The van der Waals surface area contributed by atoms with Gasteiger partial charge in [0.25, 0.3) is 10.0 Å². The Bertz CT molecular complexity index is 1370. The van der Waals surface area contributed by atoms with Gasteiger partial charge < -0.3 is 5.11 Å². The first-order valence-corrected chi connectivity index (χ1v) is 11.5. The molecule has 0 aliphatic heterocycles. The van der Waals surface area contributed by atoms with E-state index >= 15 is 0 Å². The lowest BCUT2D eigenvalue weighted by Crippen LogP contribution is -2.10. The largest absolute Gasteiger partial charge is 0.481 e. The number of hydrogen-bond donors (Lipinski definition) is 1. The second-order valence-electron chi connectivity index (χ2n) is 6.64. The van der Waals surface area contributed by atoms with Crippen molar-refractivity contribution in [3.63, 3.8) is 0 Å². The molecule has 0 aliphatic rings. The summed E-state index contributed by atoms with van der Waals surface area (Å²) in [6.45, 7) is 0. The van der Waals surface area contributed by atoms with Crippen molar-refractivity contribution in [2.24, 2.45) is 0 Å². The highest BCUT2D eigenvalue weighted by Gasteiger charge is 2.24. The van der Waals surface area contributed by atoms with Crippen molar-refractivity contribution in [2.45, 2.75) is 17.1 Å². The van der Waals surface area contributed by atoms with Gasteiger partial charge in [-0.1, -0.05) is 23.7 Å². The van der Waals surface area contributed by atoms with Crippen LogP contribution in [-0.2, 0) is 21.2 Å². The lowest BCUT2D eigenvalue weighted by Gasteiger charge is -2.05. The van der Waals surface area contributed by atoms with Crippen LogP contribution in [0.1, 0.15) is 12.0 Å². The van der Waals surface area contributed by atoms with Crippen LogP contribution in [0.15, 0.2) is 65.0 Å². The Morgan fingerprint density at radius 3 is 2.67 bits per heavy atom. The standard InChI is InChI=1S/C21H15ClFNO4S2/c22-15-3-1-2-13(10-15)19-7-9-21(29-19)30(27,28)24-12-14(4-8-20(25)26)17-11-16(23)5-6-18(17)24/h1-3,5-7,9-12H,4,8H2,(H,25,26). The van der Waals surface area contributed by atoms with Crippen LogP contribution in [0.2, 0.25) is 5.02 Å². The molecular weight excluding hydrogens is 449 g/mol. The third-order valence-corrected chi connectivity index (χ3v) is 8.14. The maximum Gasteiger partial charge on any atom is 0.303 e. The van der Waals surface area contributed by atoms with Crippen LogP contribution < -0.4 is 0 Å². The summed E-state index contributed by atoms with van der Waals surface area (Å²) in [5.41, 5.74) is 1.56. The van der Waals surface area contributed by atoms with Gasteiger partial charge in [-0.15, -0.1) is 11.3 Å². The van der Waals surface area contributed by atoms with Crippen LogP contribution in [0.4, 0.5) is 4.39 Å². The number of carbonyl (C=O) groups is 1. The van der Waals surface area contributed by atoms with Crippen LogP contribution in [0.5, 0.6) is 0 Å². The van der Waals surface area contributed by atoms with Crippen molar-refractivity contribution in [3.05, 3.63) is 77.2 Å². The van der Waals surface area contributed by atoms with Crippen LogP contribution in [-0.4, -0.2) is 23.5 Å². The van der Waals surface area contributed by atoms with Gasteiger partial charge >= 0.3 is 5.97 Å². The third-order valence-electron chi connectivity index (χ3n) is 4.63. The molecule has 0 saturated carbocycles. The molecule has 0 atom stereocenters. The van der Waals surface area contributed by atoms with E-state index in [-0.39, 0.29) is 17.1 Å². The van der Waals surface area contributed by atoms with Gasteiger partial charge in [0, 0.05) is 27.9 Å². The summed E-state index contributed by atoms with van der Waals surface area (Å²) < 4.78 is 41.7. The van der Waals surface area contributed by atoms with Crippen molar-refractivity contribution in [2.75, 3.05) is 0 Å². The maximum absolute atomic E-state index is 13.8. The molecule has 0 fully saturated rings. The summed E-state index contributed by atoms with van der Waals surface area (Å²) in [5, 5.41) is 9.90. The monoisotopic (exact) mass is 463 g/mol. The highest BCUT2D eigenvalue weighted by Crippen LogP contribution is 2.35. The van der Waals surface area contributed by atoms with Crippen LogP contribution >= 0.6 is 22.9 Å². The molecule has 0 aliphatic carbocycles. The topological polar surface area (TPSA) is 76.4 Å². The van der Waals surface area contributed by atoms with E-state index in [1.807, 2.05) is 6.07 Å². The first-order valence-electron chi connectivity index (χ1n) is 8.88. The summed E-state index contributed by atoms with van der Waals surface area (Å²) in [5.74, 6) is -1.53. The summed E-state index contributed by atoms with van der Waals surface area (Å²) in [7, 11) is -3.96. The molecule has 2 aromatic carbocycles. The minimum Gasteiger partial charge on any atom is -0.481 e. The Hall–Kier alpha value is -2.68. The Balaban J connectivity index is 1.80. The average molecular weight is 464 g/mol. The summed E-state index contributed by atoms with van der Waals surface area (Å²) >= 11 is 7.13. The highest BCUT2D eigenvalue weighted by atomic mass is 35.5. The molecule has 0 saturated heterocycles. The van der Waals surface area contributed by atoms with E-state index < -0.39 is 21.8 Å². The molecule has 0 spiro atoms. The van der Waals surface area contributed by atoms with Crippen LogP contribution in [0.25, 0.3) is 21.3 Å². The number of aromatic nitrogens is 1. The number of aliphatic carboxylic acids is 1. The van der Waals surface area contributed by atoms with Gasteiger partial charge in [0.15, 0.2) is 0 Å². The molecule has 154 valence electrons. The zero-order valence-corrected chi connectivity index (χ0v) is 17.8. The van der Waals surface area contributed by atoms with E-state index in [1.165, 1.54) is 30.5 Å². The molecule has 4 aromatic rings. The molecule has 0 amide bonds. The number of carboxylic acids is 1. The van der Waals surface area contributed by atoms with Gasteiger partial charge in [-0.2, -0.15) is 8.42 Å². The number of nitrogens with zero attached hydrogens (tertiary/aromatic N) is 1. The summed E-state index contributed by atoms with van der Waals surface area (Å²) in [4.78, 5) is 11.7. The first kappa shape index (κ1) is 20.6. The second-order valence-corrected chi connectivity index (χ2v) is 10.2. The van der Waals surface area contributed by atoms with Crippen LogP contribution in [0, 0.1) is 5.82 Å². The highest BCUT2D eigenvalue weighted by molar-refractivity contribution is 7.92. The van der Waals surface area contributed by atoms with Crippen molar-refractivity contribution in [1.29, 1.82) is 0 Å². The SMILES string of the molecule is O=C(O)CCc1cn(S(=O)(=O)c2ccc(-c3cccc(Cl)c3)s2)c2ccc(F)cc12. The predicted octanol–water partition coefficient (Wildman–Crippen LogP) is 5.42. The van der Waals surface area contributed by atoms with Gasteiger partial charge in [-0.3, -0.25) is 4.79 Å². The van der Waals surface area contributed by atoms with Crippen LogP contribution in [0.3, 0.4) is 0 Å². The van der Waals surface area contributed by atoms with Crippen molar-refractivity contribution < 1.29 is 22.7 Å². The Morgan fingerprint density at radius 2 is 1.93 bits per heavy atom. The molecule has 2 heterocycles. The fourth-order valence-corrected chi connectivity index (χ4v) is 6.20. The van der Waals surface area contributed by atoms with Gasteiger partial charge in [0.2, 0.25) is 0 Å². The van der Waals surface area contributed by atoms with Crippen molar-refractivity contribution in [3.8, 4) is 10.4 Å². The fourth-order valence-electron chi connectivity index (χ4n) is 3.23. The fraction of sp³-hybridized carbons (Fsp3) is 0.0952. The first-order chi connectivity index (χ1) is 14.3. The Kier molecular flexibility index (Phi) is 5.40. The molecular formula is C21H15ClFNO4S2. The second kappa shape index (κ2) is 7.86. The zero-order chi connectivity index (χ0) is 21.5. The van der Waals surface area contributed by atoms with Crippen molar-refractivity contribution >= 4 is 49.8 Å². The van der Waals surface area contributed by atoms with Gasteiger partial charge in [0.1, 0.15) is 10.0 Å². The maximum atomic E-state index is 13.8. The smallest absolute Gasteiger partial charge is 0.303 e. The molecule has 2 aromatic heterocycles. The van der Waals surface area contributed by atoms with E-state index in [9.17, 15) is 17.6 Å². The van der Waals surface area contributed by atoms with E-state index in [4.69, 9.17) is 16.7 Å². The normalized spacial score (nSPS) is 11.8. The molecule has 9 heteroatoms. The van der Waals surface area contributed by atoms with Gasteiger partial charge in [-0.05, 0) is 60.0 Å². The minimum atomic E-state index is -3.96. The summed E-state index contributed by atoms with van der Waals surface area (Å²) in [6.07, 6.45) is 1.28. The minimum absolute atomic E-state index is 0.0933. The molecule has 4 rings (SSSR count). The molecule has 0 radical (unpaired) electrons. The third kappa shape index (κ3) is 3.86. The summed E-state index contributed by atoms with van der Waals surface area (Å²) in [6, 6.07) is 14.1. The lowest BCUT2D eigenvalue weighted by atomic mass is 10.1. The number of aryl methyl sites for hydroxylation is 1. The number of halogens is 2. The molecule has 0 unspecified atom stereocenters. The number of fused-ring (bicyclic) bond motifs is 1. The average Bonchev–Trinajstić information content (AvgIpc) is 3.32. The zero-order valence-electron chi connectivity index (χ0n) is 15.4. The number of benzene rings is 2. The molecule has 5 nitrogen and oxygen atoms in total. The lowest BCUT2D eigenvalue weighted by molar-refractivity contribution is -0.136. The number of carboxylic acid groups (broad SMARTS) is 1. The van der Waals surface area contributed by atoms with E-state index in [0.717, 1.165) is 25.7 Å². The number of rotatable bonds is 6.